The third kappa shape index (κ3) is 4.74. The number of anilines is 1. The van der Waals surface area contributed by atoms with Crippen LogP contribution in [0.4, 0.5) is 5.13 Å². The topological polar surface area (TPSA) is 56.7 Å². The predicted molar refractivity (Wildman–Crippen MR) is 97.4 cm³/mol. The Hall–Kier alpha value is -1.02. The van der Waals surface area contributed by atoms with Crippen LogP contribution >= 0.6 is 23.3 Å². The molecule has 6 nitrogen and oxygen atoms in total. The Labute approximate surface area is 141 Å². The summed E-state index contributed by atoms with van der Waals surface area (Å²) < 4.78 is 4.38. The van der Waals surface area contributed by atoms with Gasteiger partial charge in [0.25, 0.3) is 0 Å². The van der Waals surface area contributed by atoms with Gasteiger partial charge in [-0.2, -0.15) is 16.1 Å². The molecule has 1 aliphatic rings. The van der Waals surface area contributed by atoms with E-state index in [1.54, 1.807) is 0 Å². The van der Waals surface area contributed by atoms with Crippen LogP contribution in [0.5, 0.6) is 0 Å². The maximum Gasteiger partial charge on any atom is 0.205 e. The highest BCUT2D eigenvalue weighted by Gasteiger charge is 2.21. The van der Waals surface area contributed by atoms with E-state index < -0.39 is 0 Å². The van der Waals surface area contributed by atoms with Crippen molar-refractivity contribution < 1.29 is 0 Å². The van der Waals surface area contributed by atoms with Gasteiger partial charge in [-0.1, -0.05) is 6.92 Å². The molecule has 1 N–H and O–H groups in total. The second-order valence-electron chi connectivity index (χ2n) is 5.05. The van der Waals surface area contributed by atoms with Crippen molar-refractivity contribution in [1.82, 2.24) is 19.6 Å². The van der Waals surface area contributed by atoms with Crippen molar-refractivity contribution in [1.29, 1.82) is 0 Å². The van der Waals surface area contributed by atoms with E-state index in [0.717, 1.165) is 68.4 Å². The number of aryl methyl sites for hydroxylation is 1. The van der Waals surface area contributed by atoms with Gasteiger partial charge in [0.15, 0.2) is 5.96 Å². The van der Waals surface area contributed by atoms with Gasteiger partial charge in [-0.25, -0.2) is 4.98 Å². The Kier molecular flexibility index (Phi) is 7.24. The highest BCUT2D eigenvalue weighted by molar-refractivity contribution is 7.98. The van der Waals surface area contributed by atoms with Crippen LogP contribution in [0, 0.1) is 0 Å². The summed E-state index contributed by atoms with van der Waals surface area (Å²) >= 11 is 3.35. The molecule has 0 radical (unpaired) electrons. The van der Waals surface area contributed by atoms with Gasteiger partial charge in [-0.05, 0) is 13.2 Å². The number of nitrogens with zero attached hydrogens (tertiary/aromatic N) is 5. The fraction of sp³-hybridized carbons (Fsp3) is 0.786. The molecular weight excluding hydrogens is 316 g/mol. The van der Waals surface area contributed by atoms with E-state index in [1.807, 2.05) is 11.8 Å². The van der Waals surface area contributed by atoms with Gasteiger partial charge >= 0.3 is 0 Å². The number of guanidine groups is 1. The van der Waals surface area contributed by atoms with Crippen molar-refractivity contribution in [3.05, 3.63) is 5.82 Å². The van der Waals surface area contributed by atoms with Gasteiger partial charge in [0, 0.05) is 56.4 Å². The SMILES string of the molecule is CCNC(=NCCSC)N1CCN(c2nc(CC)ns2)CC1. The smallest absolute Gasteiger partial charge is 0.205 e. The molecule has 0 atom stereocenters. The molecule has 0 amide bonds. The van der Waals surface area contributed by atoms with E-state index in [4.69, 9.17) is 4.99 Å². The van der Waals surface area contributed by atoms with Crippen molar-refractivity contribution in [2.75, 3.05) is 56.2 Å². The van der Waals surface area contributed by atoms with Crippen LogP contribution in [-0.2, 0) is 6.42 Å². The van der Waals surface area contributed by atoms with Gasteiger partial charge in [-0.3, -0.25) is 4.99 Å². The quantitative estimate of drug-likeness (QED) is 0.481. The number of hydrogen-bond donors (Lipinski definition) is 1. The molecule has 1 fully saturated rings. The first-order valence-electron chi connectivity index (χ1n) is 7.88. The van der Waals surface area contributed by atoms with E-state index >= 15 is 0 Å². The molecule has 0 spiro atoms. The Morgan fingerprint density at radius 2 is 2.09 bits per heavy atom. The molecule has 0 saturated carbocycles. The number of thioether (sulfide) groups is 1. The molecule has 22 heavy (non-hydrogen) atoms. The van der Waals surface area contributed by atoms with Crippen molar-refractivity contribution in [3.8, 4) is 0 Å². The molecule has 0 aromatic carbocycles. The predicted octanol–water partition coefficient (Wildman–Crippen LogP) is 1.55. The van der Waals surface area contributed by atoms with Gasteiger partial charge in [0.05, 0.1) is 6.54 Å². The third-order valence-corrected chi connectivity index (χ3v) is 4.92. The maximum absolute atomic E-state index is 4.71. The minimum absolute atomic E-state index is 0.875. The molecule has 1 aliphatic heterocycles. The first-order chi connectivity index (χ1) is 10.8. The summed E-state index contributed by atoms with van der Waals surface area (Å²) in [7, 11) is 0. The van der Waals surface area contributed by atoms with Crippen LogP contribution < -0.4 is 10.2 Å². The third-order valence-electron chi connectivity index (χ3n) is 3.52. The number of aromatic nitrogens is 2. The summed E-state index contributed by atoms with van der Waals surface area (Å²) in [5, 5.41) is 4.46. The lowest BCUT2D eigenvalue weighted by Crippen LogP contribution is -2.52. The van der Waals surface area contributed by atoms with Crippen molar-refractivity contribution in [2.45, 2.75) is 20.3 Å². The lowest BCUT2D eigenvalue weighted by atomic mass is 10.3. The van der Waals surface area contributed by atoms with Gasteiger partial charge in [0.1, 0.15) is 5.82 Å². The zero-order valence-corrected chi connectivity index (χ0v) is 15.3. The van der Waals surface area contributed by atoms with E-state index in [1.165, 1.54) is 11.5 Å². The summed E-state index contributed by atoms with van der Waals surface area (Å²) in [6.07, 6.45) is 3.02. The second-order valence-corrected chi connectivity index (χ2v) is 6.77. The molecule has 1 aromatic heterocycles. The average Bonchev–Trinajstić information content (AvgIpc) is 3.03. The van der Waals surface area contributed by atoms with Gasteiger partial charge < -0.3 is 15.1 Å². The highest BCUT2D eigenvalue weighted by atomic mass is 32.2. The van der Waals surface area contributed by atoms with Crippen molar-refractivity contribution in [2.24, 2.45) is 4.99 Å². The molecule has 2 rings (SSSR count). The van der Waals surface area contributed by atoms with E-state index in [9.17, 15) is 0 Å². The fourth-order valence-corrected chi connectivity index (χ4v) is 3.37. The van der Waals surface area contributed by atoms with E-state index in [0.29, 0.717) is 0 Å². The van der Waals surface area contributed by atoms with Crippen LogP contribution in [0.2, 0.25) is 0 Å². The standard InChI is InChI=1S/C14H26N6S2/c1-4-12-17-14(22-18-12)20-9-7-19(8-10-20)13(15-5-2)16-6-11-21-3/h4-11H2,1-3H3,(H,15,16). The zero-order chi connectivity index (χ0) is 15.8. The Bertz CT molecular complexity index is 468. The first-order valence-corrected chi connectivity index (χ1v) is 10.0. The molecule has 1 saturated heterocycles. The molecule has 0 aliphatic carbocycles. The molecule has 124 valence electrons. The minimum Gasteiger partial charge on any atom is -0.357 e. The summed E-state index contributed by atoms with van der Waals surface area (Å²) in [5.41, 5.74) is 0. The molecule has 0 bridgehead atoms. The lowest BCUT2D eigenvalue weighted by Gasteiger charge is -2.36. The van der Waals surface area contributed by atoms with Crippen molar-refractivity contribution in [3.63, 3.8) is 0 Å². The van der Waals surface area contributed by atoms with E-state index in [-0.39, 0.29) is 0 Å². The van der Waals surface area contributed by atoms with Crippen LogP contribution in [-0.4, -0.2) is 71.5 Å². The Balaban J connectivity index is 1.90. The zero-order valence-electron chi connectivity index (χ0n) is 13.7. The molecule has 2 heterocycles. The maximum atomic E-state index is 4.71. The fourth-order valence-electron chi connectivity index (χ4n) is 2.29. The lowest BCUT2D eigenvalue weighted by molar-refractivity contribution is 0.372. The number of piperazine rings is 1. The van der Waals surface area contributed by atoms with Crippen LogP contribution in [0.15, 0.2) is 4.99 Å². The Morgan fingerprint density at radius 1 is 1.32 bits per heavy atom. The summed E-state index contributed by atoms with van der Waals surface area (Å²) in [6, 6.07) is 0. The molecule has 0 unspecified atom stereocenters. The molecule has 1 aromatic rings. The first kappa shape index (κ1) is 17.3. The minimum atomic E-state index is 0.875. The van der Waals surface area contributed by atoms with Crippen molar-refractivity contribution >= 4 is 34.4 Å². The largest absolute Gasteiger partial charge is 0.357 e. The summed E-state index contributed by atoms with van der Waals surface area (Å²) in [6.45, 7) is 9.91. The van der Waals surface area contributed by atoms with Gasteiger partial charge in [-0.15, -0.1) is 0 Å². The Morgan fingerprint density at radius 3 is 2.68 bits per heavy atom. The number of rotatable bonds is 6. The molecule has 8 heteroatoms. The highest BCUT2D eigenvalue weighted by Crippen LogP contribution is 2.19. The van der Waals surface area contributed by atoms with Crippen LogP contribution in [0.3, 0.4) is 0 Å². The summed E-state index contributed by atoms with van der Waals surface area (Å²) in [5.74, 6) is 3.07. The second kappa shape index (κ2) is 9.19. The average molecular weight is 343 g/mol. The van der Waals surface area contributed by atoms with Crippen LogP contribution in [0.1, 0.15) is 19.7 Å². The molecular formula is C14H26N6S2. The van der Waals surface area contributed by atoms with E-state index in [2.05, 4.69) is 44.6 Å². The normalized spacial score (nSPS) is 16.2. The van der Waals surface area contributed by atoms with Crippen LogP contribution in [0.25, 0.3) is 0 Å². The number of nitrogens with one attached hydrogen (secondary N) is 1. The number of aliphatic imine (C=N–C) groups is 1. The monoisotopic (exact) mass is 342 g/mol. The summed E-state index contributed by atoms with van der Waals surface area (Å²) in [4.78, 5) is 14.0. The van der Waals surface area contributed by atoms with Gasteiger partial charge in [0.2, 0.25) is 5.13 Å². The number of hydrogen-bond acceptors (Lipinski definition) is 6.